The third-order valence-corrected chi connectivity index (χ3v) is 4.18. The maximum absolute atomic E-state index is 12.1. The minimum atomic E-state index is -0.648. The summed E-state index contributed by atoms with van der Waals surface area (Å²) in [5.74, 6) is 1.29. The van der Waals surface area contributed by atoms with Crippen LogP contribution in [0.1, 0.15) is 0 Å². The van der Waals surface area contributed by atoms with Gasteiger partial charge in [-0.2, -0.15) is 0 Å². The highest BCUT2D eigenvalue weighted by Crippen LogP contribution is 2.33. The molecule has 0 saturated carbocycles. The van der Waals surface area contributed by atoms with Gasteiger partial charge in [0.25, 0.3) is 0 Å². The van der Waals surface area contributed by atoms with Crippen molar-refractivity contribution in [1.82, 2.24) is 5.32 Å². The minimum Gasteiger partial charge on any atom is -0.490 e. The van der Waals surface area contributed by atoms with Crippen LogP contribution in [0.25, 0.3) is 10.8 Å². The SMILES string of the molecule is C=CC(=O)OCCNC(=O)Oc1ccc(OCCOc2ccccc2)c2ccccc12. The van der Waals surface area contributed by atoms with Crippen LogP contribution in [0, 0.1) is 0 Å². The number of carbonyl (C=O) groups is 2. The van der Waals surface area contributed by atoms with Gasteiger partial charge in [-0.1, -0.05) is 49.0 Å². The van der Waals surface area contributed by atoms with E-state index in [0.29, 0.717) is 24.7 Å². The van der Waals surface area contributed by atoms with Crippen molar-refractivity contribution in [2.45, 2.75) is 0 Å². The van der Waals surface area contributed by atoms with Crippen LogP contribution < -0.4 is 19.5 Å². The molecule has 0 atom stereocenters. The summed E-state index contributed by atoms with van der Waals surface area (Å²) < 4.78 is 21.7. The fourth-order valence-corrected chi connectivity index (χ4v) is 2.79. The second kappa shape index (κ2) is 11.3. The maximum atomic E-state index is 12.1. The molecule has 0 fully saturated rings. The number of rotatable bonds is 10. The average Bonchev–Trinajstić information content (AvgIpc) is 2.81. The molecule has 160 valence electrons. The lowest BCUT2D eigenvalue weighted by molar-refractivity contribution is -0.137. The molecule has 3 aromatic rings. The first kappa shape index (κ1) is 21.7. The average molecular weight is 421 g/mol. The van der Waals surface area contributed by atoms with E-state index in [9.17, 15) is 9.59 Å². The van der Waals surface area contributed by atoms with Gasteiger partial charge in [0.15, 0.2) is 0 Å². The number of hydrogen-bond acceptors (Lipinski definition) is 6. The molecular formula is C24H23NO6. The predicted molar refractivity (Wildman–Crippen MR) is 117 cm³/mol. The molecule has 0 aliphatic rings. The van der Waals surface area contributed by atoms with Crippen LogP contribution in [0.15, 0.2) is 79.4 Å². The van der Waals surface area contributed by atoms with Crippen molar-refractivity contribution >= 4 is 22.8 Å². The summed E-state index contributed by atoms with van der Waals surface area (Å²) in [4.78, 5) is 23.0. The number of fused-ring (bicyclic) bond motifs is 1. The van der Waals surface area contributed by atoms with E-state index < -0.39 is 12.1 Å². The highest BCUT2D eigenvalue weighted by molar-refractivity contribution is 5.94. The second-order valence-corrected chi connectivity index (χ2v) is 6.31. The van der Waals surface area contributed by atoms with Crippen molar-refractivity contribution in [3.8, 4) is 17.2 Å². The van der Waals surface area contributed by atoms with Gasteiger partial charge in [-0.25, -0.2) is 9.59 Å². The van der Waals surface area contributed by atoms with Crippen molar-refractivity contribution in [3.63, 3.8) is 0 Å². The van der Waals surface area contributed by atoms with E-state index in [4.69, 9.17) is 18.9 Å². The van der Waals surface area contributed by atoms with Gasteiger partial charge in [0.1, 0.15) is 37.1 Å². The molecule has 0 spiro atoms. The molecule has 7 heteroatoms. The molecule has 7 nitrogen and oxygen atoms in total. The lowest BCUT2D eigenvalue weighted by atomic mass is 10.1. The number of para-hydroxylation sites is 1. The van der Waals surface area contributed by atoms with Crippen molar-refractivity contribution < 1.29 is 28.5 Å². The Kier molecular flexibility index (Phi) is 7.88. The van der Waals surface area contributed by atoms with E-state index in [1.54, 1.807) is 12.1 Å². The number of amides is 1. The van der Waals surface area contributed by atoms with Gasteiger partial charge < -0.3 is 24.3 Å². The van der Waals surface area contributed by atoms with Gasteiger partial charge in [-0.05, 0) is 24.3 Å². The van der Waals surface area contributed by atoms with Crippen LogP contribution in [-0.2, 0) is 9.53 Å². The molecule has 0 aromatic heterocycles. The largest absolute Gasteiger partial charge is 0.490 e. The van der Waals surface area contributed by atoms with E-state index >= 15 is 0 Å². The Hall–Kier alpha value is -4.00. The lowest BCUT2D eigenvalue weighted by Crippen LogP contribution is -2.30. The Balaban J connectivity index is 1.56. The number of benzene rings is 3. The van der Waals surface area contributed by atoms with Gasteiger partial charge in [0, 0.05) is 16.8 Å². The second-order valence-electron chi connectivity index (χ2n) is 6.31. The van der Waals surface area contributed by atoms with Crippen LogP contribution in [0.4, 0.5) is 4.79 Å². The third kappa shape index (κ3) is 6.50. The Morgan fingerprint density at radius 3 is 2.19 bits per heavy atom. The quantitative estimate of drug-likeness (QED) is 0.301. The van der Waals surface area contributed by atoms with Crippen molar-refractivity contribution in [2.24, 2.45) is 0 Å². The lowest BCUT2D eigenvalue weighted by Gasteiger charge is -2.13. The highest BCUT2D eigenvalue weighted by atomic mass is 16.6. The molecule has 0 saturated heterocycles. The molecule has 0 bridgehead atoms. The number of hydrogen-bond donors (Lipinski definition) is 1. The minimum absolute atomic E-state index is 0.0263. The Bertz CT molecular complexity index is 1030. The van der Waals surface area contributed by atoms with Crippen molar-refractivity contribution in [3.05, 3.63) is 79.4 Å². The number of ether oxygens (including phenoxy) is 4. The molecule has 0 radical (unpaired) electrons. The summed E-state index contributed by atoms with van der Waals surface area (Å²) in [5, 5.41) is 4.07. The predicted octanol–water partition coefficient (Wildman–Crippen LogP) is 4.12. The summed E-state index contributed by atoms with van der Waals surface area (Å²) >= 11 is 0. The molecule has 0 aliphatic heterocycles. The van der Waals surface area contributed by atoms with Crippen LogP contribution in [-0.4, -0.2) is 38.4 Å². The van der Waals surface area contributed by atoms with E-state index in [-0.39, 0.29) is 13.2 Å². The molecule has 0 unspecified atom stereocenters. The van der Waals surface area contributed by atoms with E-state index in [1.165, 1.54) is 0 Å². The number of carbonyl (C=O) groups excluding carboxylic acids is 2. The summed E-state index contributed by atoms with van der Waals surface area (Å²) in [6.07, 6.45) is 0.409. The van der Waals surface area contributed by atoms with Crippen LogP contribution in [0.3, 0.4) is 0 Å². The normalized spacial score (nSPS) is 10.2. The zero-order chi connectivity index (χ0) is 21.9. The van der Waals surface area contributed by atoms with Crippen molar-refractivity contribution in [1.29, 1.82) is 0 Å². The molecule has 31 heavy (non-hydrogen) atoms. The number of nitrogens with one attached hydrogen (secondary N) is 1. The smallest absolute Gasteiger partial charge is 0.412 e. The zero-order valence-electron chi connectivity index (χ0n) is 16.9. The standard InChI is InChI=1S/C24H23NO6/c1-2-23(26)30-15-14-25-24(27)31-22-13-12-21(19-10-6-7-11-20(19)22)29-17-16-28-18-8-4-3-5-9-18/h2-13H,1,14-17H2,(H,25,27). The Morgan fingerprint density at radius 1 is 0.806 bits per heavy atom. The van der Waals surface area contributed by atoms with Crippen LogP contribution in [0.5, 0.6) is 17.2 Å². The summed E-state index contributed by atoms with van der Waals surface area (Å²) in [6, 6.07) is 20.4. The first-order chi connectivity index (χ1) is 15.2. The maximum Gasteiger partial charge on any atom is 0.412 e. The van der Waals surface area contributed by atoms with Crippen molar-refractivity contribution in [2.75, 3.05) is 26.4 Å². The first-order valence-electron chi connectivity index (χ1n) is 9.74. The van der Waals surface area contributed by atoms with Crippen LogP contribution >= 0.6 is 0 Å². The van der Waals surface area contributed by atoms with Gasteiger partial charge >= 0.3 is 12.1 Å². The highest BCUT2D eigenvalue weighted by Gasteiger charge is 2.11. The molecule has 3 aromatic carbocycles. The fraction of sp³-hybridized carbons (Fsp3) is 0.167. The van der Waals surface area contributed by atoms with Gasteiger partial charge in [-0.15, -0.1) is 0 Å². The molecule has 0 heterocycles. The number of esters is 1. The first-order valence-corrected chi connectivity index (χ1v) is 9.74. The molecular weight excluding hydrogens is 398 g/mol. The Labute approximate surface area is 180 Å². The van der Waals surface area contributed by atoms with E-state index in [1.807, 2.05) is 54.6 Å². The summed E-state index contributed by atoms with van der Waals surface area (Å²) in [7, 11) is 0. The van der Waals surface area contributed by atoms with Gasteiger partial charge in [0.2, 0.25) is 0 Å². The molecule has 3 rings (SSSR count). The molecule has 0 aliphatic carbocycles. The summed E-state index contributed by atoms with van der Waals surface area (Å²) in [6.45, 7) is 4.21. The topological polar surface area (TPSA) is 83.1 Å². The fourth-order valence-electron chi connectivity index (χ4n) is 2.79. The van der Waals surface area contributed by atoms with Gasteiger partial charge in [0.05, 0.1) is 6.54 Å². The molecule has 1 N–H and O–H groups in total. The van der Waals surface area contributed by atoms with Gasteiger partial charge in [-0.3, -0.25) is 0 Å². The monoisotopic (exact) mass is 421 g/mol. The third-order valence-electron chi connectivity index (χ3n) is 4.18. The molecule has 1 amide bonds. The van der Waals surface area contributed by atoms with Crippen LogP contribution in [0.2, 0.25) is 0 Å². The summed E-state index contributed by atoms with van der Waals surface area (Å²) in [5.41, 5.74) is 0. The van der Waals surface area contributed by atoms with E-state index in [2.05, 4.69) is 11.9 Å². The zero-order valence-corrected chi connectivity index (χ0v) is 16.9. The Morgan fingerprint density at radius 2 is 1.45 bits per heavy atom. The van der Waals surface area contributed by atoms with E-state index in [0.717, 1.165) is 22.6 Å².